The summed E-state index contributed by atoms with van der Waals surface area (Å²) in [6.45, 7) is 5.70. The molecular weight excluding hydrogens is 520 g/mol. The molecule has 6 nitrogen and oxygen atoms in total. The monoisotopic (exact) mass is 548 g/mol. The van der Waals surface area contributed by atoms with Crippen LogP contribution in [0.1, 0.15) is 49.5 Å². The lowest BCUT2D eigenvalue weighted by molar-refractivity contribution is -0.120. The van der Waals surface area contributed by atoms with E-state index in [0.717, 1.165) is 29.1 Å². The SMILES string of the molecule is CCCCc1ccc(NC2=C(Sc3ccc(Cl)cc3)C(=O)N(c3ccc(C(=O)OC(C)C)cc3)C2=O)cc1. The lowest BCUT2D eigenvalue weighted by Gasteiger charge is -2.16. The Balaban J connectivity index is 1.63. The molecule has 0 saturated heterocycles. The van der Waals surface area contributed by atoms with E-state index in [2.05, 4.69) is 12.2 Å². The first-order chi connectivity index (χ1) is 18.3. The van der Waals surface area contributed by atoms with Crippen LogP contribution in [0.5, 0.6) is 0 Å². The fourth-order valence-electron chi connectivity index (χ4n) is 3.88. The fourth-order valence-corrected chi connectivity index (χ4v) is 4.93. The molecule has 1 aliphatic heterocycles. The Labute approximate surface area is 232 Å². The molecule has 3 aromatic carbocycles. The van der Waals surface area contributed by atoms with Crippen molar-refractivity contribution in [3.63, 3.8) is 0 Å². The predicted octanol–water partition coefficient (Wildman–Crippen LogP) is 7.24. The number of amides is 2. The van der Waals surface area contributed by atoms with E-state index in [4.69, 9.17) is 16.3 Å². The molecule has 0 saturated carbocycles. The highest BCUT2D eigenvalue weighted by molar-refractivity contribution is 8.04. The summed E-state index contributed by atoms with van der Waals surface area (Å²) in [6.07, 6.45) is 2.96. The summed E-state index contributed by atoms with van der Waals surface area (Å²) in [5.74, 6) is -1.39. The lowest BCUT2D eigenvalue weighted by atomic mass is 10.1. The van der Waals surface area contributed by atoms with Crippen LogP contribution in [0.15, 0.2) is 88.3 Å². The summed E-state index contributed by atoms with van der Waals surface area (Å²) < 4.78 is 5.23. The number of carbonyl (C=O) groups excluding carboxylic acids is 3. The zero-order valence-corrected chi connectivity index (χ0v) is 23.1. The standard InChI is InChI=1S/C30H29ClN2O4S/c1-4-5-6-20-7-13-23(14-8-20)32-26-27(38-25-17-11-22(31)12-18-25)29(35)33(28(26)34)24-15-9-21(10-16-24)30(36)37-19(2)3/h7-19,32H,4-6H2,1-3H3. The van der Waals surface area contributed by atoms with Crippen LogP contribution in [0.3, 0.4) is 0 Å². The van der Waals surface area contributed by atoms with Crippen molar-refractivity contribution in [2.24, 2.45) is 0 Å². The van der Waals surface area contributed by atoms with Crippen LogP contribution in [0.4, 0.5) is 11.4 Å². The van der Waals surface area contributed by atoms with Gasteiger partial charge in [0, 0.05) is 15.6 Å². The molecule has 0 aliphatic carbocycles. The van der Waals surface area contributed by atoms with Crippen molar-refractivity contribution in [1.82, 2.24) is 0 Å². The maximum atomic E-state index is 13.6. The molecule has 1 aliphatic rings. The number of halogens is 1. The molecule has 3 aromatic rings. The van der Waals surface area contributed by atoms with Crippen molar-refractivity contribution in [2.75, 3.05) is 10.2 Å². The van der Waals surface area contributed by atoms with Crippen LogP contribution >= 0.6 is 23.4 Å². The summed E-state index contributed by atoms with van der Waals surface area (Å²) >= 11 is 7.23. The van der Waals surface area contributed by atoms with Crippen molar-refractivity contribution in [2.45, 2.75) is 51.0 Å². The molecule has 0 atom stereocenters. The average Bonchev–Trinajstić information content (AvgIpc) is 3.13. The van der Waals surface area contributed by atoms with Gasteiger partial charge in [-0.05, 0) is 92.9 Å². The molecule has 38 heavy (non-hydrogen) atoms. The zero-order valence-electron chi connectivity index (χ0n) is 21.5. The molecular formula is C30H29ClN2O4S. The molecule has 196 valence electrons. The molecule has 0 unspecified atom stereocenters. The fraction of sp³-hybridized carbons (Fsp3) is 0.233. The normalized spacial score (nSPS) is 13.4. The van der Waals surface area contributed by atoms with E-state index in [9.17, 15) is 14.4 Å². The van der Waals surface area contributed by atoms with Crippen molar-refractivity contribution in [3.8, 4) is 0 Å². The number of benzene rings is 3. The van der Waals surface area contributed by atoms with Crippen molar-refractivity contribution in [3.05, 3.63) is 99.5 Å². The first-order valence-electron chi connectivity index (χ1n) is 12.5. The number of nitrogens with one attached hydrogen (secondary N) is 1. The van der Waals surface area contributed by atoms with Gasteiger partial charge in [-0.3, -0.25) is 9.59 Å². The quantitative estimate of drug-likeness (QED) is 0.213. The number of aryl methyl sites for hydroxylation is 1. The molecule has 0 fully saturated rings. The number of hydrogen-bond donors (Lipinski definition) is 1. The minimum atomic E-state index is -0.473. The van der Waals surface area contributed by atoms with Gasteiger partial charge in [0.05, 0.1) is 17.4 Å². The van der Waals surface area contributed by atoms with Gasteiger partial charge in [0.25, 0.3) is 11.8 Å². The molecule has 8 heteroatoms. The molecule has 1 N–H and O–H groups in total. The Morgan fingerprint density at radius 1 is 0.947 bits per heavy atom. The molecule has 4 rings (SSSR count). The maximum Gasteiger partial charge on any atom is 0.338 e. The highest BCUT2D eigenvalue weighted by atomic mass is 35.5. The van der Waals surface area contributed by atoms with Gasteiger partial charge in [0.15, 0.2) is 0 Å². The van der Waals surface area contributed by atoms with E-state index < -0.39 is 17.8 Å². The number of anilines is 2. The number of ether oxygens (including phenoxy) is 1. The molecule has 0 spiro atoms. The maximum absolute atomic E-state index is 13.6. The van der Waals surface area contributed by atoms with Crippen LogP contribution < -0.4 is 10.2 Å². The zero-order chi connectivity index (χ0) is 27.2. The minimum absolute atomic E-state index is 0.194. The topological polar surface area (TPSA) is 75.7 Å². The predicted molar refractivity (Wildman–Crippen MR) is 152 cm³/mol. The number of unbranched alkanes of at least 4 members (excludes halogenated alkanes) is 1. The Morgan fingerprint density at radius 3 is 2.21 bits per heavy atom. The van der Waals surface area contributed by atoms with Crippen molar-refractivity contribution >= 4 is 52.5 Å². The number of rotatable bonds is 10. The average molecular weight is 549 g/mol. The van der Waals surface area contributed by atoms with Gasteiger partial charge >= 0.3 is 5.97 Å². The third-order valence-corrected chi connectivity index (χ3v) is 7.16. The summed E-state index contributed by atoms with van der Waals surface area (Å²) in [5.41, 5.74) is 2.83. The smallest absolute Gasteiger partial charge is 0.338 e. The van der Waals surface area contributed by atoms with E-state index in [1.807, 2.05) is 24.3 Å². The van der Waals surface area contributed by atoms with Gasteiger partial charge in [0.2, 0.25) is 0 Å². The molecule has 2 amide bonds. The van der Waals surface area contributed by atoms with Crippen LogP contribution in [-0.4, -0.2) is 23.9 Å². The molecule has 0 radical (unpaired) electrons. The van der Waals surface area contributed by atoms with E-state index in [1.54, 1.807) is 62.4 Å². The van der Waals surface area contributed by atoms with Crippen LogP contribution in [0.2, 0.25) is 5.02 Å². The van der Waals surface area contributed by atoms with Crippen LogP contribution in [0, 0.1) is 0 Å². The van der Waals surface area contributed by atoms with Gasteiger partial charge in [-0.25, -0.2) is 9.69 Å². The second kappa shape index (κ2) is 12.3. The lowest BCUT2D eigenvalue weighted by Crippen LogP contribution is -2.32. The summed E-state index contributed by atoms with van der Waals surface area (Å²) in [7, 11) is 0. The second-order valence-corrected chi connectivity index (χ2v) is 10.7. The number of carbonyl (C=O) groups is 3. The van der Waals surface area contributed by atoms with Crippen molar-refractivity contribution in [1.29, 1.82) is 0 Å². The van der Waals surface area contributed by atoms with E-state index in [1.165, 1.54) is 17.3 Å². The number of nitrogens with zero attached hydrogens (tertiary/aromatic N) is 1. The van der Waals surface area contributed by atoms with Gasteiger partial charge in [-0.1, -0.05) is 48.8 Å². The van der Waals surface area contributed by atoms with Gasteiger partial charge in [0.1, 0.15) is 10.6 Å². The van der Waals surface area contributed by atoms with E-state index >= 15 is 0 Å². The number of hydrogen-bond acceptors (Lipinski definition) is 6. The van der Waals surface area contributed by atoms with E-state index in [0.29, 0.717) is 22.0 Å². The Hall–Kier alpha value is -3.55. The third-order valence-electron chi connectivity index (χ3n) is 5.82. The van der Waals surface area contributed by atoms with Crippen LogP contribution in [0.25, 0.3) is 0 Å². The number of esters is 1. The summed E-state index contributed by atoms with van der Waals surface area (Å²) in [6, 6.07) is 21.2. The van der Waals surface area contributed by atoms with Gasteiger partial charge in [-0.15, -0.1) is 0 Å². The Morgan fingerprint density at radius 2 is 1.61 bits per heavy atom. The molecule has 1 heterocycles. The van der Waals surface area contributed by atoms with Crippen LogP contribution in [-0.2, 0) is 20.7 Å². The van der Waals surface area contributed by atoms with Gasteiger partial charge in [-0.2, -0.15) is 0 Å². The first kappa shape index (κ1) is 27.5. The Bertz CT molecular complexity index is 1350. The van der Waals surface area contributed by atoms with E-state index in [-0.39, 0.29) is 16.7 Å². The first-order valence-corrected chi connectivity index (χ1v) is 13.7. The van der Waals surface area contributed by atoms with Crippen molar-refractivity contribution < 1.29 is 19.1 Å². The number of imide groups is 1. The highest BCUT2D eigenvalue weighted by Gasteiger charge is 2.40. The Kier molecular flexibility index (Phi) is 8.92. The largest absolute Gasteiger partial charge is 0.459 e. The highest BCUT2D eigenvalue weighted by Crippen LogP contribution is 2.38. The molecule has 0 bridgehead atoms. The molecule has 0 aromatic heterocycles. The van der Waals surface area contributed by atoms with Gasteiger partial charge < -0.3 is 10.1 Å². The minimum Gasteiger partial charge on any atom is -0.459 e. The summed E-state index contributed by atoms with van der Waals surface area (Å²) in [5, 5.41) is 3.76. The summed E-state index contributed by atoms with van der Waals surface area (Å²) in [4.78, 5) is 41.6. The second-order valence-electron chi connectivity index (χ2n) is 9.13. The third kappa shape index (κ3) is 6.47. The number of thioether (sulfide) groups is 1.